The topological polar surface area (TPSA) is 29.1 Å². The highest BCUT2D eigenvalue weighted by Gasteiger charge is 2.29. The molecular formula is C17H16F3NO. The van der Waals surface area contributed by atoms with Crippen LogP contribution in [-0.4, -0.2) is 5.91 Å². The van der Waals surface area contributed by atoms with Crippen LogP contribution in [0.15, 0.2) is 48.5 Å². The van der Waals surface area contributed by atoms with Gasteiger partial charge in [-0.1, -0.05) is 38.1 Å². The highest BCUT2D eigenvalue weighted by molar-refractivity contribution is 5.92. The number of halogens is 3. The van der Waals surface area contributed by atoms with Gasteiger partial charge in [-0.05, 0) is 35.4 Å². The zero-order chi connectivity index (χ0) is 16.3. The Morgan fingerprint density at radius 3 is 1.77 bits per heavy atom. The van der Waals surface area contributed by atoms with E-state index in [9.17, 15) is 18.0 Å². The Labute approximate surface area is 127 Å². The van der Waals surface area contributed by atoms with Crippen molar-refractivity contribution in [1.82, 2.24) is 0 Å². The highest BCUT2D eigenvalue weighted by atomic mass is 19.4. The molecule has 0 unspecified atom stereocenters. The summed E-state index contributed by atoms with van der Waals surface area (Å²) >= 11 is 0. The number of alkyl halides is 3. The number of carbonyl (C=O) groups excluding carboxylic acids is 1. The molecule has 0 bridgehead atoms. The van der Waals surface area contributed by atoms with E-state index >= 15 is 0 Å². The van der Waals surface area contributed by atoms with Crippen molar-refractivity contribution in [1.29, 1.82) is 0 Å². The highest BCUT2D eigenvalue weighted by Crippen LogP contribution is 2.31. The van der Waals surface area contributed by atoms with Crippen molar-refractivity contribution >= 4 is 11.6 Å². The zero-order valence-corrected chi connectivity index (χ0v) is 12.2. The van der Waals surface area contributed by atoms with Gasteiger partial charge in [-0.15, -0.1) is 0 Å². The minimum atomic E-state index is -4.33. The van der Waals surface area contributed by atoms with E-state index in [-0.39, 0.29) is 11.8 Å². The number of rotatable bonds is 3. The average Bonchev–Trinajstić information content (AvgIpc) is 2.47. The van der Waals surface area contributed by atoms with E-state index in [1.165, 1.54) is 12.1 Å². The first kappa shape index (κ1) is 16.1. The van der Waals surface area contributed by atoms with E-state index in [0.717, 1.165) is 17.7 Å². The fourth-order valence-electron chi connectivity index (χ4n) is 1.88. The van der Waals surface area contributed by atoms with Crippen LogP contribution in [0.3, 0.4) is 0 Å². The molecule has 0 saturated heterocycles. The molecule has 2 nitrogen and oxygen atoms in total. The van der Waals surface area contributed by atoms with Gasteiger partial charge < -0.3 is 5.32 Å². The summed E-state index contributed by atoms with van der Waals surface area (Å²) in [7, 11) is 0. The maximum absolute atomic E-state index is 12.5. The molecule has 0 saturated carbocycles. The summed E-state index contributed by atoms with van der Waals surface area (Å²) in [5.41, 5.74) is 1.47. The number of nitrogens with one attached hydrogen (secondary N) is 1. The van der Waals surface area contributed by atoms with Gasteiger partial charge in [-0.25, -0.2) is 0 Å². The van der Waals surface area contributed by atoms with Gasteiger partial charge in [0.05, 0.1) is 5.56 Å². The second-order valence-corrected chi connectivity index (χ2v) is 5.30. The Hall–Kier alpha value is -2.30. The third kappa shape index (κ3) is 3.87. The maximum Gasteiger partial charge on any atom is 0.416 e. The second kappa shape index (κ2) is 6.22. The largest absolute Gasteiger partial charge is 0.416 e. The van der Waals surface area contributed by atoms with Gasteiger partial charge in [0.2, 0.25) is 5.91 Å². The molecule has 0 fully saturated rings. The van der Waals surface area contributed by atoms with Crippen LogP contribution in [0.2, 0.25) is 0 Å². The lowest BCUT2D eigenvalue weighted by Crippen LogP contribution is -2.17. The number of anilines is 1. The normalized spacial score (nSPS) is 11.5. The van der Waals surface area contributed by atoms with E-state index in [1.807, 2.05) is 0 Å². The van der Waals surface area contributed by atoms with Gasteiger partial charge in [0.15, 0.2) is 0 Å². The SMILES string of the molecule is CC(C)C(=O)Nc1ccc(-c2ccc(C(F)(F)F)cc2)cc1. The number of amides is 1. The van der Waals surface area contributed by atoms with E-state index in [2.05, 4.69) is 5.32 Å². The summed E-state index contributed by atoms with van der Waals surface area (Å²) in [5, 5.41) is 2.76. The molecule has 2 aromatic rings. The van der Waals surface area contributed by atoms with Gasteiger partial charge in [0, 0.05) is 11.6 Å². The Bertz CT molecular complexity index is 643. The summed E-state index contributed by atoms with van der Waals surface area (Å²) in [5.74, 6) is -0.197. The van der Waals surface area contributed by atoms with E-state index in [0.29, 0.717) is 11.3 Å². The molecule has 1 amide bonds. The third-order valence-corrected chi connectivity index (χ3v) is 3.22. The number of hydrogen-bond acceptors (Lipinski definition) is 1. The fraction of sp³-hybridized carbons (Fsp3) is 0.235. The molecule has 0 aliphatic heterocycles. The first-order valence-corrected chi connectivity index (χ1v) is 6.86. The van der Waals surface area contributed by atoms with Crippen molar-refractivity contribution in [3.63, 3.8) is 0 Å². The standard InChI is InChI=1S/C17H16F3NO/c1-11(2)16(22)21-15-9-5-13(6-10-15)12-3-7-14(8-4-12)17(18,19)20/h3-11H,1-2H3,(H,21,22). The third-order valence-electron chi connectivity index (χ3n) is 3.22. The van der Waals surface area contributed by atoms with Crippen molar-refractivity contribution < 1.29 is 18.0 Å². The molecule has 0 atom stereocenters. The molecular weight excluding hydrogens is 291 g/mol. The number of carbonyl (C=O) groups is 1. The Morgan fingerprint density at radius 2 is 1.36 bits per heavy atom. The molecule has 22 heavy (non-hydrogen) atoms. The van der Waals surface area contributed by atoms with Gasteiger partial charge in [-0.3, -0.25) is 4.79 Å². The van der Waals surface area contributed by atoms with Crippen LogP contribution in [0.25, 0.3) is 11.1 Å². The molecule has 5 heteroatoms. The Kier molecular flexibility index (Phi) is 4.54. The van der Waals surface area contributed by atoms with Crippen molar-refractivity contribution in [2.24, 2.45) is 5.92 Å². The lowest BCUT2D eigenvalue weighted by molar-refractivity contribution is -0.137. The van der Waals surface area contributed by atoms with Gasteiger partial charge in [0.1, 0.15) is 0 Å². The van der Waals surface area contributed by atoms with Crippen LogP contribution in [0, 0.1) is 5.92 Å². The minimum Gasteiger partial charge on any atom is -0.326 e. The average molecular weight is 307 g/mol. The lowest BCUT2D eigenvalue weighted by Gasteiger charge is -2.10. The number of hydrogen-bond donors (Lipinski definition) is 1. The summed E-state index contributed by atoms with van der Waals surface area (Å²) < 4.78 is 37.6. The maximum atomic E-state index is 12.5. The predicted octanol–water partition coefficient (Wildman–Crippen LogP) is 4.97. The number of benzene rings is 2. The van der Waals surface area contributed by atoms with Gasteiger partial charge in [0.25, 0.3) is 0 Å². The molecule has 0 aromatic heterocycles. The van der Waals surface area contributed by atoms with E-state index < -0.39 is 11.7 Å². The van der Waals surface area contributed by atoms with Crippen molar-refractivity contribution in [3.8, 4) is 11.1 Å². The van der Waals surface area contributed by atoms with E-state index in [1.54, 1.807) is 38.1 Å². The van der Waals surface area contributed by atoms with Crippen LogP contribution < -0.4 is 5.32 Å². The zero-order valence-electron chi connectivity index (χ0n) is 12.2. The summed E-state index contributed by atoms with van der Waals surface area (Å²) in [6.07, 6.45) is -4.33. The van der Waals surface area contributed by atoms with Crippen LogP contribution in [0.5, 0.6) is 0 Å². The van der Waals surface area contributed by atoms with Crippen LogP contribution >= 0.6 is 0 Å². The fourth-order valence-corrected chi connectivity index (χ4v) is 1.88. The molecule has 1 N–H and O–H groups in total. The molecule has 2 rings (SSSR count). The first-order valence-electron chi connectivity index (χ1n) is 6.86. The van der Waals surface area contributed by atoms with Gasteiger partial charge >= 0.3 is 6.18 Å². The monoisotopic (exact) mass is 307 g/mol. The Morgan fingerprint density at radius 1 is 0.909 bits per heavy atom. The predicted molar refractivity (Wildman–Crippen MR) is 80.3 cm³/mol. The summed E-state index contributed by atoms with van der Waals surface area (Å²) in [6.45, 7) is 3.60. The van der Waals surface area contributed by atoms with Crippen LogP contribution in [0.1, 0.15) is 19.4 Å². The smallest absolute Gasteiger partial charge is 0.326 e. The van der Waals surface area contributed by atoms with E-state index in [4.69, 9.17) is 0 Å². The summed E-state index contributed by atoms with van der Waals surface area (Å²) in [4.78, 5) is 11.6. The second-order valence-electron chi connectivity index (χ2n) is 5.30. The minimum absolute atomic E-state index is 0.0812. The van der Waals surface area contributed by atoms with Crippen LogP contribution in [-0.2, 0) is 11.0 Å². The molecule has 0 aliphatic carbocycles. The van der Waals surface area contributed by atoms with Crippen LogP contribution in [0.4, 0.5) is 18.9 Å². The van der Waals surface area contributed by atoms with Crippen molar-refractivity contribution in [3.05, 3.63) is 54.1 Å². The Balaban J connectivity index is 2.15. The molecule has 0 aliphatic rings. The van der Waals surface area contributed by atoms with Crippen molar-refractivity contribution in [2.75, 3.05) is 5.32 Å². The quantitative estimate of drug-likeness (QED) is 0.852. The lowest BCUT2D eigenvalue weighted by atomic mass is 10.0. The molecule has 0 radical (unpaired) electrons. The molecule has 0 spiro atoms. The van der Waals surface area contributed by atoms with Gasteiger partial charge in [-0.2, -0.15) is 13.2 Å². The molecule has 0 heterocycles. The summed E-state index contributed by atoms with van der Waals surface area (Å²) in [6, 6.07) is 12.0. The first-order chi connectivity index (χ1) is 10.3. The van der Waals surface area contributed by atoms with Crippen molar-refractivity contribution in [2.45, 2.75) is 20.0 Å². The molecule has 116 valence electrons. The molecule has 2 aromatic carbocycles.